The SMILES string of the molecule is Cc1ccc2c(c1)CCN(C(=O)[C@@H](NC(=O)[C@H](CCCC(=O)O)NC(=O)[C@@H]1Cc3ccccc3N1)[C@H](C)OCc1ccccc1)[C@@H]2C(=O)N[C@H](C=O)CC(=O)O. The van der Waals surface area contributed by atoms with Crippen LogP contribution in [0.3, 0.4) is 0 Å². The van der Waals surface area contributed by atoms with Crippen molar-refractivity contribution < 1.29 is 48.5 Å². The maximum Gasteiger partial charge on any atom is 0.305 e. The van der Waals surface area contributed by atoms with E-state index in [4.69, 9.17) is 4.74 Å². The zero-order valence-corrected chi connectivity index (χ0v) is 31.2. The van der Waals surface area contributed by atoms with Crippen LogP contribution < -0.4 is 21.3 Å². The standard InChI is InChI=1S/C41H47N5O10/c1-24-15-16-30-27(19-24)17-18-46(37(30)40(54)42-29(22-47)21-35(50)51)41(55)36(25(2)56-23-26-9-4-3-5-10-26)45-38(52)32(13-8-14-34(48)49)44-39(53)33-20-28-11-6-7-12-31(28)43-33/h3-7,9-12,15-16,19,22,25,29,32-33,36-37,43H,8,13-14,17-18,20-21,23H2,1-2H3,(H,42,54)(H,44,53)(H,45,52)(H,48,49)(H,50,51)/t25-,29-,32-,33-,36-,37-/m0/s1. The fourth-order valence-corrected chi connectivity index (χ4v) is 7.02. The molecule has 6 atom stereocenters. The Kier molecular flexibility index (Phi) is 13.9. The van der Waals surface area contributed by atoms with E-state index in [9.17, 15) is 43.8 Å². The number of aldehydes is 1. The Morgan fingerprint density at radius 1 is 0.911 bits per heavy atom. The van der Waals surface area contributed by atoms with E-state index in [2.05, 4.69) is 21.3 Å². The van der Waals surface area contributed by atoms with E-state index in [0.717, 1.165) is 27.9 Å². The third-order valence-electron chi connectivity index (χ3n) is 9.94. The van der Waals surface area contributed by atoms with Crippen LogP contribution >= 0.6 is 0 Å². The maximum atomic E-state index is 14.8. The van der Waals surface area contributed by atoms with Crippen molar-refractivity contribution in [3.63, 3.8) is 0 Å². The average Bonchev–Trinajstić information content (AvgIpc) is 3.62. The van der Waals surface area contributed by atoms with Crippen molar-refractivity contribution in [3.05, 3.63) is 101 Å². The molecule has 6 N–H and O–H groups in total. The molecule has 0 saturated heterocycles. The summed E-state index contributed by atoms with van der Waals surface area (Å²) in [6.45, 7) is 3.57. The summed E-state index contributed by atoms with van der Waals surface area (Å²) in [6.07, 6.45) is -0.901. The van der Waals surface area contributed by atoms with E-state index in [0.29, 0.717) is 24.7 Å². The molecule has 296 valence electrons. The number of carboxylic acids is 2. The Balaban J connectivity index is 1.44. The van der Waals surface area contributed by atoms with Gasteiger partial charge in [-0.25, -0.2) is 0 Å². The van der Waals surface area contributed by atoms with Gasteiger partial charge >= 0.3 is 11.9 Å². The minimum absolute atomic E-state index is 0.0303. The number of benzene rings is 3. The van der Waals surface area contributed by atoms with E-state index in [1.807, 2.05) is 67.6 Å². The number of carboxylic acid groups (broad SMARTS) is 2. The molecule has 0 fully saturated rings. The molecule has 5 rings (SSSR count). The smallest absolute Gasteiger partial charge is 0.305 e. The van der Waals surface area contributed by atoms with Crippen molar-refractivity contribution in [1.29, 1.82) is 0 Å². The summed E-state index contributed by atoms with van der Waals surface area (Å²) < 4.78 is 6.15. The number of fused-ring (bicyclic) bond motifs is 2. The summed E-state index contributed by atoms with van der Waals surface area (Å²) in [5.41, 5.74) is 4.67. The van der Waals surface area contributed by atoms with E-state index in [1.165, 1.54) is 4.90 Å². The number of nitrogens with one attached hydrogen (secondary N) is 4. The summed E-state index contributed by atoms with van der Waals surface area (Å²) in [7, 11) is 0. The highest BCUT2D eigenvalue weighted by molar-refractivity contribution is 5.97. The van der Waals surface area contributed by atoms with Gasteiger partial charge in [-0.2, -0.15) is 0 Å². The van der Waals surface area contributed by atoms with Gasteiger partial charge in [0.25, 0.3) is 0 Å². The molecule has 2 aliphatic heterocycles. The zero-order chi connectivity index (χ0) is 40.4. The molecular formula is C41H47N5O10. The first-order chi connectivity index (χ1) is 26.8. The Labute approximate surface area is 324 Å². The number of ether oxygens (including phenoxy) is 1. The van der Waals surface area contributed by atoms with Gasteiger partial charge in [-0.1, -0.05) is 72.3 Å². The van der Waals surface area contributed by atoms with Crippen LogP contribution in [0.4, 0.5) is 5.69 Å². The van der Waals surface area contributed by atoms with Crippen LogP contribution in [0.2, 0.25) is 0 Å². The first-order valence-corrected chi connectivity index (χ1v) is 18.5. The molecule has 2 aliphatic rings. The number of aryl methyl sites for hydroxylation is 1. The van der Waals surface area contributed by atoms with Crippen molar-refractivity contribution >= 4 is 47.5 Å². The molecule has 3 aromatic rings. The first kappa shape index (κ1) is 41.1. The van der Waals surface area contributed by atoms with Crippen LogP contribution in [0.25, 0.3) is 0 Å². The summed E-state index contributed by atoms with van der Waals surface area (Å²) in [6, 6.07) is 15.9. The number of rotatable bonds is 18. The lowest BCUT2D eigenvalue weighted by Crippen LogP contribution is -2.61. The van der Waals surface area contributed by atoms with Gasteiger partial charge < -0.3 is 45.9 Å². The molecule has 0 unspecified atom stereocenters. The van der Waals surface area contributed by atoms with Crippen molar-refractivity contribution in [1.82, 2.24) is 20.9 Å². The van der Waals surface area contributed by atoms with Crippen LogP contribution in [0.1, 0.15) is 66.5 Å². The topological polar surface area (TPSA) is 221 Å². The first-order valence-electron chi connectivity index (χ1n) is 18.5. The minimum atomic E-state index is -1.41. The molecule has 0 saturated carbocycles. The van der Waals surface area contributed by atoms with Gasteiger partial charge in [-0.15, -0.1) is 0 Å². The Morgan fingerprint density at radius 2 is 1.64 bits per heavy atom. The van der Waals surface area contributed by atoms with Gasteiger partial charge in [0.05, 0.1) is 25.2 Å². The fraction of sp³-hybridized carbons (Fsp3) is 0.390. The van der Waals surface area contributed by atoms with E-state index >= 15 is 0 Å². The second kappa shape index (κ2) is 19.0. The van der Waals surface area contributed by atoms with Gasteiger partial charge in [0.1, 0.15) is 30.5 Å². The lowest BCUT2D eigenvalue weighted by atomic mass is 9.89. The zero-order valence-electron chi connectivity index (χ0n) is 31.2. The van der Waals surface area contributed by atoms with Crippen LogP contribution in [-0.4, -0.2) is 93.8 Å². The quantitative estimate of drug-likeness (QED) is 0.103. The molecular weight excluding hydrogens is 722 g/mol. The predicted molar refractivity (Wildman–Crippen MR) is 203 cm³/mol. The molecule has 0 aromatic heterocycles. The third-order valence-corrected chi connectivity index (χ3v) is 9.94. The summed E-state index contributed by atoms with van der Waals surface area (Å²) in [5, 5.41) is 29.8. The molecule has 0 spiro atoms. The Morgan fingerprint density at radius 3 is 2.34 bits per heavy atom. The van der Waals surface area contributed by atoms with Crippen molar-refractivity contribution in [3.8, 4) is 0 Å². The van der Waals surface area contributed by atoms with Gasteiger partial charge in [-0.3, -0.25) is 28.8 Å². The molecule has 0 bridgehead atoms. The molecule has 0 aliphatic carbocycles. The highest BCUT2D eigenvalue weighted by atomic mass is 16.5. The lowest BCUT2D eigenvalue weighted by Gasteiger charge is -2.40. The largest absolute Gasteiger partial charge is 0.481 e. The fourth-order valence-electron chi connectivity index (χ4n) is 7.02. The highest BCUT2D eigenvalue weighted by Crippen LogP contribution is 2.32. The number of hydrogen-bond acceptors (Lipinski definition) is 9. The number of nitrogens with zero attached hydrogens (tertiary/aromatic N) is 1. The van der Waals surface area contributed by atoms with Crippen molar-refractivity contribution in [2.45, 2.75) is 95.3 Å². The number of anilines is 1. The van der Waals surface area contributed by atoms with Gasteiger partial charge in [0, 0.05) is 25.1 Å². The molecule has 3 aromatic carbocycles. The predicted octanol–water partition coefficient (Wildman–Crippen LogP) is 2.45. The van der Waals surface area contributed by atoms with E-state index in [-0.39, 0.29) is 32.4 Å². The number of carbonyl (C=O) groups is 7. The lowest BCUT2D eigenvalue weighted by molar-refractivity contribution is -0.148. The second-order valence-corrected chi connectivity index (χ2v) is 14.1. The monoisotopic (exact) mass is 769 g/mol. The normalized spacial score (nSPS) is 17.8. The van der Waals surface area contributed by atoms with Crippen LogP contribution in [0.5, 0.6) is 0 Å². The van der Waals surface area contributed by atoms with Crippen molar-refractivity contribution in [2.75, 3.05) is 11.9 Å². The molecule has 56 heavy (non-hydrogen) atoms. The third kappa shape index (κ3) is 10.6. The van der Waals surface area contributed by atoms with Crippen molar-refractivity contribution in [2.24, 2.45) is 0 Å². The summed E-state index contributed by atoms with van der Waals surface area (Å²) in [4.78, 5) is 92.4. The van der Waals surface area contributed by atoms with E-state index < -0.39 is 78.3 Å². The maximum absolute atomic E-state index is 14.8. The molecule has 15 heteroatoms. The number of amides is 4. The van der Waals surface area contributed by atoms with Crippen LogP contribution in [0.15, 0.2) is 72.8 Å². The van der Waals surface area contributed by atoms with Gasteiger partial charge in [0.15, 0.2) is 0 Å². The Hall–Kier alpha value is -6.09. The van der Waals surface area contributed by atoms with Gasteiger partial charge in [0.2, 0.25) is 23.6 Å². The van der Waals surface area contributed by atoms with Crippen LogP contribution in [-0.2, 0) is 57.7 Å². The van der Waals surface area contributed by atoms with E-state index in [1.54, 1.807) is 19.1 Å². The molecule has 0 radical (unpaired) electrons. The number of aliphatic carboxylic acids is 2. The Bertz CT molecular complexity index is 1910. The number of para-hydroxylation sites is 1. The second-order valence-electron chi connectivity index (χ2n) is 14.1. The summed E-state index contributed by atoms with van der Waals surface area (Å²) in [5.74, 6) is -5.11. The number of hydrogen-bond donors (Lipinski definition) is 6. The molecule has 15 nitrogen and oxygen atoms in total. The average molecular weight is 770 g/mol. The van der Waals surface area contributed by atoms with Gasteiger partial charge in [-0.05, 0) is 61.4 Å². The minimum Gasteiger partial charge on any atom is -0.481 e. The molecule has 4 amide bonds. The number of carbonyl (C=O) groups excluding carboxylic acids is 5. The van der Waals surface area contributed by atoms with Crippen LogP contribution in [0, 0.1) is 6.92 Å². The highest BCUT2D eigenvalue weighted by Gasteiger charge is 2.42. The molecule has 2 heterocycles. The summed E-state index contributed by atoms with van der Waals surface area (Å²) >= 11 is 0.